The summed E-state index contributed by atoms with van der Waals surface area (Å²) < 4.78 is 17.7. The summed E-state index contributed by atoms with van der Waals surface area (Å²) in [5, 5.41) is 9.09. The van der Waals surface area contributed by atoms with Crippen molar-refractivity contribution in [1.29, 1.82) is 0 Å². The van der Waals surface area contributed by atoms with Crippen LogP contribution in [0.1, 0.15) is 45.6 Å². The van der Waals surface area contributed by atoms with Crippen LogP contribution >= 0.6 is 0 Å². The Kier molecular flexibility index (Phi) is 10.3. The number of rotatable bonds is 12. The fraction of sp³-hybridized carbons (Fsp3) is 0.636. The van der Waals surface area contributed by atoms with E-state index in [1.807, 2.05) is 30.3 Å². The minimum absolute atomic E-state index is 0.0960. The van der Waals surface area contributed by atoms with Crippen molar-refractivity contribution in [3.63, 3.8) is 0 Å². The Bertz CT molecular complexity index is 546. The van der Waals surface area contributed by atoms with E-state index in [0.29, 0.717) is 13.2 Å². The summed E-state index contributed by atoms with van der Waals surface area (Å²) in [5.41, 5.74) is 1.14. The van der Waals surface area contributed by atoms with Crippen LogP contribution in [0.3, 0.4) is 0 Å². The molecule has 1 aromatic carbocycles. The molecule has 0 aromatic heterocycles. The Morgan fingerprint density at radius 2 is 1.74 bits per heavy atom. The highest BCUT2D eigenvalue weighted by Gasteiger charge is 2.38. The van der Waals surface area contributed by atoms with Gasteiger partial charge in [-0.2, -0.15) is 0 Å². The second-order valence-corrected chi connectivity index (χ2v) is 13.2. The molecule has 5 heteroatoms. The molecule has 27 heavy (non-hydrogen) atoms. The molecule has 1 aromatic rings. The van der Waals surface area contributed by atoms with E-state index in [4.69, 9.17) is 19.0 Å². The molecule has 0 heterocycles. The molecule has 0 aliphatic heterocycles. The first-order chi connectivity index (χ1) is 12.7. The van der Waals surface area contributed by atoms with Crippen molar-refractivity contribution in [1.82, 2.24) is 0 Å². The van der Waals surface area contributed by atoms with Gasteiger partial charge in [0.2, 0.25) is 0 Å². The standard InChI is InChI=1S/C22H38O4Si/c1-22(2,3)27(5,6)26-21(10-8-7-9-16-23)15-17-25-18-19-11-13-20(24-4)14-12-19/h7,9,11-14,21,23H,8,10,15-18H2,1-6H3/b9-7-/t21-/m1/s1. The molecule has 4 nitrogen and oxygen atoms in total. The summed E-state index contributed by atoms with van der Waals surface area (Å²) in [6.45, 7) is 12.8. The maximum Gasteiger partial charge on any atom is 0.192 e. The molecule has 0 amide bonds. The Morgan fingerprint density at radius 3 is 2.30 bits per heavy atom. The summed E-state index contributed by atoms with van der Waals surface area (Å²) in [7, 11) is -0.144. The van der Waals surface area contributed by atoms with Gasteiger partial charge in [0, 0.05) is 12.7 Å². The van der Waals surface area contributed by atoms with E-state index in [-0.39, 0.29) is 17.7 Å². The van der Waals surface area contributed by atoms with Gasteiger partial charge in [0.15, 0.2) is 8.32 Å². The number of methoxy groups -OCH3 is 1. The second kappa shape index (κ2) is 11.6. The van der Waals surface area contributed by atoms with Gasteiger partial charge < -0.3 is 19.0 Å². The van der Waals surface area contributed by atoms with Crippen LogP contribution in [0.25, 0.3) is 0 Å². The Labute approximate surface area is 166 Å². The van der Waals surface area contributed by atoms with Crippen molar-refractivity contribution in [2.75, 3.05) is 20.3 Å². The fourth-order valence-electron chi connectivity index (χ4n) is 2.46. The highest BCUT2D eigenvalue weighted by molar-refractivity contribution is 6.74. The predicted molar refractivity (Wildman–Crippen MR) is 115 cm³/mol. The zero-order valence-corrected chi connectivity index (χ0v) is 19.0. The first kappa shape index (κ1) is 23.9. The number of benzene rings is 1. The largest absolute Gasteiger partial charge is 0.497 e. The molecule has 0 fully saturated rings. The molecular formula is C22H38O4Si. The van der Waals surface area contributed by atoms with E-state index >= 15 is 0 Å². The summed E-state index contributed by atoms with van der Waals surface area (Å²) in [6, 6.07) is 7.97. The monoisotopic (exact) mass is 394 g/mol. The first-order valence-electron chi connectivity index (χ1n) is 9.84. The van der Waals surface area contributed by atoms with Crippen LogP contribution < -0.4 is 4.74 Å². The molecule has 0 spiro atoms. The van der Waals surface area contributed by atoms with Crippen molar-refractivity contribution >= 4 is 8.32 Å². The number of aliphatic hydroxyl groups is 1. The summed E-state index contributed by atoms with van der Waals surface area (Å²) >= 11 is 0. The Balaban J connectivity index is 2.52. The summed E-state index contributed by atoms with van der Waals surface area (Å²) in [4.78, 5) is 0. The van der Waals surface area contributed by atoms with Crippen LogP contribution in [0.15, 0.2) is 36.4 Å². The topological polar surface area (TPSA) is 47.9 Å². The molecule has 1 N–H and O–H groups in total. The van der Waals surface area contributed by atoms with Crippen molar-refractivity contribution in [2.24, 2.45) is 0 Å². The lowest BCUT2D eigenvalue weighted by Gasteiger charge is -2.39. The van der Waals surface area contributed by atoms with Gasteiger partial charge in [-0.05, 0) is 55.1 Å². The predicted octanol–water partition coefficient (Wildman–Crippen LogP) is 5.32. The molecule has 0 radical (unpaired) electrons. The molecule has 0 saturated heterocycles. The maximum absolute atomic E-state index is 8.90. The van der Waals surface area contributed by atoms with E-state index in [9.17, 15) is 0 Å². The van der Waals surface area contributed by atoms with Gasteiger partial charge in [-0.3, -0.25) is 0 Å². The number of hydrogen-bond acceptors (Lipinski definition) is 4. The number of allylic oxidation sites excluding steroid dienone is 1. The van der Waals surface area contributed by atoms with Crippen molar-refractivity contribution < 1.29 is 19.0 Å². The van der Waals surface area contributed by atoms with Crippen molar-refractivity contribution in [2.45, 2.75) is 70.9 Å². The van der Waals surface area contributed by atoms with Crippen molar-refractivity contribution in [3.05, 3.63) is 42.0 Å². The second-order valence-electron chi connectivity index (χ2n) is 8.42. The molecule has 154 valence electrons. The minimum atomic E-state index is -1.81. The van der Waals surface area contributed by atoms with Crippen LogP contribution in [-0.2, 0) is 15.8 Å². The molecule has 0 saturated carbocycles. The first-order valence-corrected chi connectivity index (χ1v) is 12.7. The van der Waals surface area contributed by atoms with E-state index in [1.54, 1.807) is 13.2 Å². The highest BCUT2D eigenvalue weighted by Crippen LogP contribution is 2.38. The molecule has 0 aliphatic carbocycles. The van der Waals surface area contributed by atoms with Crippen LogP contribution in [0.2, 0.25) is 18.1 Å². The van der Waals surface area contributed by atoms with E-state index < -0.39 is 8.32 Å². The zero-order valence-electron chi connectivity index (χ0n) is 18.0. The molecule has 0 bridgehead atoms. The summed E-state index contributed by atoms with van der Waals surface area (Å²) in [5.74, 6) is 0.859. The van der Waals surface area contributed by atoms with Gasteiger partial charge in [-0.1, -0.05) is 45.1 Å². The fourth-order valence-corrected chi connectivity index (χ4v) is 3.88. The third kappa shape index (κ3) is 9.06. The minimum Gasteiger partial charge on any atom is -0.497 e. The average Bonchev–Trinajstić information content (AvgIpc) is 2.61. The zero-order chi connectivity index (χ0) is 20.3. The normalized spacial score (nSPS) is 13.9. The third-order valence-corrected chi connectivity index (χ3v) is 9.74. The lowest BCUT2D eigenvalue weighted by atomic mass is 10.1. The van der Waals surface area contributed by atoms with Crippen LogP contribution in [0.4, 0.5) is 0 Å². The van der Waals surface area contributed by atoms with E-state index in [0.717, 1.165) is 30.6 Å². The van der Waals surface area contributed by atoms with Crippen LogP contribution in [0.5, 0.6) is 5.75 Å². The SMILES string of the molecule is COc1ccc(COCC[C@@H](CC/C=C\CO)O[Si](C)(C)C(C)(C)C)cc1. The smallest absolute Gasteiger partial charge is 0.192 e. The van der Waals surface area contributed by atoms with Gasteiger partial charge in [0.1, 0.15) is 5.75 Å². The van der Waals surface area contributed by atoms with Gasteiger partial charge in [-0.15, -0.1) is 0 Å². The van der Waals surface area contributed by atoms with Gasteiger partial charge in [0.25, 0.3) is 0 Å². The van der Waals surface area contributed by atoms with Gasteiger partial charge >= 0.3 is 0 Å². The average molecular weight is 395 g/mol. The molecular weight excluding hydrogens is 356 g/mol. The van der Waals surface area contributed by atoms with Gasteiger partial charge in [-0.25, -0.2) is 0 Å². The molecule has 1 atom stereocenters. The van der Waals surface area contributed by atoms with Crippen LogP contribution in [-0.4, -0.2) is 39.9 Å². The maximum atomic E-state index is 8.90. The number of aliphatic hydroxyl groups excluding tert-OH is 1. The van der Waals surface area contributed by atoms with Crippen LogP contribution in [0, 0.1) is 0 Å². The molecule has 1 rings (SSSR count). The molecule has 0 aliphatic rings. The summed E-state index contributed by atoms with van der Waals surface area (Å²) in [6.07, 6.45) is 6.76. The quantitative estimate of drug-likeness (QED) is 0.296. The van der Waals surface area contributed by atoms with E-state index in [1.165, 1.54) is 0 Å². The number of hydrogen-bond donors (Lipinski definition) is 1. The lowest BCUT2D eigenvalue weighted by molar-refractivity contribution is 0.0745. The third-order valence-electron chi connectivity index (χ3n) is 5.21. The number of ether oxygens (including phenoxy) is 2. The van der Waals surface area contributed by atoms with Gasteiger partial charge in [0.05, 0.1) is 20.3 Å². The Hall–Kier alpha value is -1.14. The lowest BCUT2D eigenvalue weighted by Crippen LogP contribution is -2.44. The molecule has 0 unspecified atom stereocenters. The van der Waals surface area contributed by atoms with E-state index in [2.05, 4.69) is 33.9 Å². The Morgan fingerprint density at radius 1 is 1.07 bits per heavy atom. The highest BCUT2D eigenvalue weighted by atomic mass is 28.4. The van der Waals surface area contributed by atoms with Crippen molar-refractivity contribution in [3.8, 4) is 5.75 Å².